The molecule has 286 valence electrons. The molecule has 2 heterocycles. The highest BCUT2D eigenvalue weighted by Gasteiger charge is 2.19. The van der Waals surface area contributed by atoms with E-state index in [1.165, 1.54) is 95.6 Å². The number of thiophene rings is 2. The second kappa shape index (κ2) is 14.8. The van der Waals surface area contributed by atoms with Gasteiger partial charge in [0.2, 0.25) is 0 Å². The summed E-state index contributed by atoms with van der Waals surface area (Å²) in [5.41, 5.74) is 12.9. The molecule has 3 heteroatoms. The Hall–Kier alpha value is -7.30. The molecule has 0 aliphatic carbocycles. The maximum atomic E-state index is 2.43. The average Bonchev–Trinajstić information content (AvgIpc) is 3.90. The smallest absolute Gasteiger partial charge is 0.0540 e. The number of para-hydroxylation sites is 1. The van der Waals surface area contributed by atoms with Crippen LogP contribution in [0.2, 0.25) is 0 Å². The number of rotatable bonds is 7. The fraction of sp³-hybridized carbons (Fsp3) is 0. The van der Waals surface area contributed by atoms with Crippen molar-refractivity contribution in [2.24, 2.45) is 0 Å². The van der Waals surface area contributed by atoms with Crippen LogP contribution >= 0.6 is 22.7 Å². The van der Waals surface area contributed by atoms with Gasteiger partial charge >= 0.3 is 0 Å². The Bertz CT molecular complexity index is 3610. The minimum atomic E-state index is 1.10. The first-order chi connectivity index (χ1) is 30.2. The molecule has 10 aromatic carbocycles. The van der Waals surface area contributed by atoms with Gasteiger partial charge in [-0.2, -0.15) is 0 Å². The first kappa shape index (κ1) is 35.6. The quantitative estimate of drug-likeness (QED) is 0.155. The first-order valence-corrected chi connectivity index (χ1v) is 22.4. The van der Waals surface area contributed by atoms with Gasteiger partial charge in [0.15, 0.2) is 0 Å². The Labute approximate surface area is 362 Å². The molecular weight excluding hydrogens is 775 g/mol. The molecule has 0 saturated carbocycles. The third-order valence-electron chi connectivity index (χ3n) is 12.1. The van der Waals surface area contributed by atoms with Crippen LogP contribution < -0.4 is 4.90 Å². The number of anilines is 3. The number of hydrogen-bond donors (Lipinski definition) is 0. The fourth-order valence-electron chi connectivity index (χ4n) is 9.01. The summed E-state index contributed by atoms with van der Waals surface area (Å²) < 4.78 is 5.27. The highest BCUT2D eigenvalue weighted by molar-refractivity contribution is 7.26. The van der Waals surface area contributed by atoms with Crippen LogP contribution in [0.4, 0.5) is 17.1 Å². The lowest BCUT2D eigenvalue weighted by molar-refractivity contribution is 1.28. The summed E-state index contributed by atoms with van der Waals surface area (Å²) in [6, 6.07) is 82.6. The van der Waals surface area contributed by atoms with Gasteiger partial charge < -0.3 is 4.90 Å². The van der Waals surface area contributed by atoms with Gasteiger partial charge in [-0.1, -0.05) is 152 Å². The molecule has 12 aromatic rings. The number of hydrogen-bond acceptors (Lipinski definition) is 3. The van der Waals surface area contributed by atoms with E-state index in [4.69, 9.17) is 0 Å². The predicted octanol–water partition coefficient (Wildman–Crippen LogP) is 17.7. The van der Waals surface area contributed by atoms with Gasteiger partial charge in [-0.25, -0.2) is 0 Å². The molecule has 0 fully saturated rings. The summed E-state index contributed by atoms with van der Waals surface area (Å²) >= 11 is 3.73. The maximum Gasteiger partial charge on any atom is 0.0540 e. The topological polar surface area (TPSA) is 3.24 Å². The zero-order valence-electron chi connectivity index (χ0n) is 33.1. The Balaban J connectivity index is 0.981. The van der Waals surface area contributed by atoms with Crippen LogP contribution in [-0.4, -0.2) is 0 Å². The van der Waals surface area contributed by atoms with E-state index < -0.39 is 0 Å². The van der Waals surface area contributed by atoms with Crippen LogP contribution in [-0.2, 0) is 0 Å². The molecule has 0 saturated heterocycles. The second-order valence-corrected chi connectivity index (χ2v) is 17.9. The van der Waals surface area contributed by atoms with E-state index in [1.54, 1.807) is 0 Å². The predicted molar refractivity (Wildman–Crippen MR) is 266 cm³/mol. The molecule has 0 unspecified atom stereocenters. The molecule has 0 N–H and O–H groups in total. The Morgan fingerprint density at radius 3 is 1.64 bits per heavy atom. The van der Waals surface area contributed by atoms with E-state index in [1.807, 2.05) is 22.7 Å². The molecule has 0 radical (unpaired) electrons. The van der Waals surface area contributed by atoms with Crippen molar-refractivity contribution in [3.05, 3.63) is 224 Å². The van der Waals surface area contributed by atoms with Crippen molar-refractivity contribution in [1.29, 1.82) is 0 Å². The molecule has 0 bridgehead atoms. The lowest BCUT2D eigenvalue weighted by Gasteiger charge is -2.28. The van der Waals surface area contributed by atoms with Crippen LogP contribution in [0.5, 0.6) is 0 Å². The highest BCUT2D eigenvalue weighted by Crippen LogP contribution is 2.45. The zero-order valence-corrected chi connectivity index (χ0v) is 34.8. The van der Waals surface area contributed by atoms with Gasteiger partial charge in [0.05, 0.1) is 5.69 Å². The number of benzene rings is 10. The third-order valence-corrected chi connectivity index (χ3v) is 14.3. The molecule has 0 spiro atoms. The lowest BCUT2D eigenvalue weighted by atomic mass is 9.96. The van der Waals surface area contributed by atoms with Crippen molar-refractivity contribution in [3.63, 3.8) is 0 Å². The largest absolute Gasteiger partial charge is 0.310 e. The Morgan fingerprint density at radius 2 is 0.820 bits per heavy atom. The number of nitrogens with zero attached hydrogens (tertiary/aromatic N) is 1. The van der Waals surface area contributed by atoms with Crippen molar-refractivity contribution < 1.29 is 0 Å². The maximum absolute atomic E-state index is 2.43. The van der Waals surface area contributed by atoms with E-state index in [0.717, 1.165) is 17.1 Å². The van der Waals surface area contributed by atoms with Gasteiger partial charge in [0.25, 0.3) is 0 Å². The molecule has 0 atom stereocenters. The Kier molecular flexibility index (Phi) is 8.62. The van der Waals surface area contributed by atoms with Crippen LogP contribution in [0, 0.1) is 0 Å². The standard InChI is InChI=1S/C58H37NS2/c1-2-12-40-33-44(24-23-38(40)11-1)42-14-9-13-41(34-42)43-15-10-16-48(35-43)59(47-29-25-39(26-30-47)45-27-31-52-50-18-4-7-21-55(50)61-58(52)37-45)54-20-6-3-17-49(54)46-28-32-57-53(36-46)51-19-5-8-22-56(51)60-57/h1-37H. The molecule has 0 aliphatic rings. The summed E-state index contributed by atoms with van der Waals surface area (Å²) in [5.74, 6) is 0. The van der Waals surface area contributed by atoms with Crippen LogP contribution in [0.1, 0.15) is 0 Å². The molecule has 1 nitrogen and oxygen atoms in total. The molecular formula is C58H37NS2. The monoisotopic (exact) mass is 811 g/mol. The molecule has 2 aromatic heterocycles. The van der Waals surface area contributed by atoms with E-state index in [-0.39, 0.29) is 0 Å². The van der Waals surface area contributed by atoms with Crippen LogP contribution in [0.3, 0.4) is 0 Å². The zero-order chi connectivity index (χ0) is 40.3. The van der Waals surface area contributed by atoms with Gasteiger partial charge in [-0.3, -0.25) is 0 Å². The molecule has 0 amide bonds. The van der Waals surface area contributed by atoms with Crippen molar-refractivity contribution in [2.75, 3.05) is 4.90 Å². The van der Waals surface area contributed by atoms with Gasteiger partial charge in [0, 0.05) is 57.3 Å². The van der Waals surface area contributed by atoms with Gasteiger partial charge in [-0.15, -0.1) is 22.7 Å². The molecule has 12 rings (SSSR count). The van der Waals surface area contributed by atoms with E-state index >= 15 is 0 Å². The summed E-state index contributed by atoms with van der Waals surface area (Å²) in [5, 5.41) is 7.76. The summed E-state index contributed by atoms with van der Waals surface area (Å²) in [7, 11) is 0. The normalized spacial score (nSPS) is 11.6. The average molecular weight is 812 g/mol. The lowest BCUT2D eigenvalue weighted by Crippen LogP contribution is -2.11. The molecule has 0 aliphatic heterocycles. The van der Waals surface area contributed by atoms with Gasteiger partial charge in [0.1, 0.15) is 0 Å². The van der Waals surface area contributed by atoms with Crippen molar-refractivity contribution >= 4 is 90.9 Å². The second-order valence-electron chi connectivity index (χ2n) is 15.7. The fourth-order valence-corrected chi connectivity index (χ4v) is 11.2. The minimum Gasteiger partial charge on any atom is -0.310 e. The van der Waals surface area contributed by atoms with E-state index in [2.05, 4.69) is 229 Å². The SMILES string of the molecule is c1cc(-c2cccc(N(c3ccc(-c4ccc5c(c4)sc4ccccc45)cc3)c3ccccc3-c3ccc4sc5ccccc5c4c3)c2)cc(-c2ccc3ccccc3c2)c1. The van der Waals surface area contributed by atoms with Gasteiger partial charge in [-0.05, 0) is 123 Å². The first-order valence-electron chi connectivity index (χ1n) is 20.7. The summed E-state index contributed by atoms with van der Waals surface area (Å²) in [4.78, 5) is 2.43. The van der Waals surface area contributed by atoms with E-state index in [9.17, 15) is 0 Å². The Morgan fingerprint density at radius 1 is 0.262 bits per heavy atom. The third kappa shape index (κ3) is 6.38. The number of fused-ring (bicyclic) bond motifs is 7. The van der Waals surface area contributed by atoms with Crippen LogP contribution in [0.15, 0.2) is 224 Å². The van der Waals surface area contributed by atoms with E-state index in [0.29, 0.717) is 0 Å². The molecule has 61 heavy (non-hydrogen) atoms. The highest BCUT2D eigenvalue weighted by atomic mass is 32.1. The van der Waals surface area contributed by atoms with Crippen molar-refractivity contribution in [3.8, 4) is 44.5 Å². The minimum absolute atomic E-state index is 1.10. The summed E-state index contributed by atoms with van der Waals surface area (Å²) in [6.45, 7) is 0. The summed E-state index contributed by atoms with van der Waals surface area (Å²) in [6.07, 6.45) is 0. The van der Waals surface area contributed by atoms with Crippen molar-refractivity contribution in [2.45, 2.75) is 0 Å². The van der Waals surface area contributed by atoms with Crippen LogP contribution in [0.25, 0.3) is 95.6 Å². The van der Waals surface area contributed by atoms with Crippen molar-refractivity contribution in [1.82, 2.24) is 0 Å².